The average molecular weight is 246 g/mol. The van der Waals surface area contributed by atoms with Crippen LogP contribution in [0.25, 0.3) is 10.8 Å². The van der Waals surface area contributed by atoms with E-state index in [-0.39, 0.29) is 0 Å². The van der Waals surface area contributed by atoms with Gasteiger partial charge in [-0.3, -0.25) is 0 Å². The van der Waals surface area contributed by atoms with Crippen LogP contribution in [-0.4, -0.2) is 31.8 Å². The maximum Gasteiger partial charge on any atom is 0.221 e. The number of fused-ring (bicyclic) bond motifs is 1. The number of hydrogen-bond acceptors (Lipinski definition) is 4. The van der Waals surface area contributed by atoms with Crippen molar-refractivity contribution < 1.29 is 9.47 Å². The summed E-state index contributed by atoms with van der Waals surface area (Å²) in [5, 5.41) is 5.29. The molecule has 2 rings (SSSR count). The third-order valence-electron chi connectivity index (χ3n) is 2.70. The molecule has 4 nitrogen and oxygen atoms in total. The first kappa shape index (κ1) is 12.6. The fourth-order valence-corrected chi connectivity index (χ4v) is 1.77. The largest absolute Gasteiger partial charge is 0.497 e. The minimum absolute atomic E-state index is 0.617. The van der Waals surface area contributed by atoms with Gasteiger partial charge in [0.15, 0.2) is 0 Å². The minimum Gasteiger partial charge on any atom is -0.497 e. The molecule has 0 aliphatic heterocycles. The molecule has 0 bridgehead atoms. The van der Waals surface area contributed by atoms with Crippen LogP contribution in [0, 0.1) is 0 Å². The van der Waals surface area contributed by atoms with E-state index in [4.69, 9.17) is 9.47 Å². The lowest BCUT2D eigenvalue weighted by atomic mass is 10.1. The molecule has 96 valence electrons. The monoisotopic (exact) mass is 246 g/mol. The zero-order valence-electron chi connectivity index (χ0n) is 10.8. The van der Waals surface area contributed by atoms with Crippen LogP contribution in [0.3, 0.4) is 0 Å². The van der Waals surface area contributed by atoms with Crippen molar-refractivity contribution in [1.29, 1.82) is 0 Å². The summed E-state index contributed by atoms with van der Waals surface area (Å²) in [6.07, 6.45) is 1.75. The molecule has 0 unspecified atom stereocenters. The van der Waals surface area contributed by atoms with Crippen LogP contribution in [0.2, 0.25) is 0 Å². The van der Waals surface area contributed by atoms with E-state index in [9.17, 15) is 0 Å². The zero-order valence-corrected chi connectivity index (χ0v) is 10.8. The van der Waals surface area contributed by atoms with E-state index >= 15 is 0 Å². The molecule has 0 spiro atoms. The topological polar surface area (TPSA) is 43.4 Å². The number of nitrogens with one attached hydrogen (secondary N) is 1. The molecular weight excluding hydrogens is 228 g/mol. The highest BCUT2D eigenvalue weighted by Gasteiger charge is 2.04. The molecule has 0 aliphatic rings. The summed E-state index contributed by atoms with van der Waals surface area (Å²) in [5.74, 6) is 1.51. The number of benzene rings is 1. The zero-order chi connectivity index (χ0) is 12.8. The van der Waals surface area contributed by atoms with Crippen LogP contribution in [0.4, 0.5) is 0 Å². The number of aromatic nitrogens is 1. The number of methoxy groups -OCH3 is 1. The lowest BCUT2D eigenvalue weighted by Gasteiger charge is -2.09. The summed E-state index contributed by atoms with van der Waals surface area (Å²) in [4.78, 5) is 4.27. The number of likely N-dealkylation sites (N-methyl/N-ethyl adjacent to an activating group) is 1. The van der Waals surface area contributed by atoms with Gasteiger partial charge in [0, 0.05) is 18.1 Å². The van der Waals surface area contributed by atoms with E-state index in [0.29, 0.717) is 12.5 Å². The Morgan fingerprint density at radius 2 is 2.17 bits per heavy atom. The van der Waals surface area contributed by atoms with E-state index in [1.165, 1.54) is 0 Å². The Balaban J connectivity index is 2.17. The molecular formula is C14H18N2O2. The first-order valence-corrected chi connectivity index (χ1v) is 6.11. The molecule has 2 aromatic rings. The van der Waals surface area contributed by atoms with Crippen molar-refractivity contribution in [2.75, 3.05) is 26.8 Å². The van der Waals surface area contributed by atoms with Gasteiger partial charge >= 0.3 is 0 Å². The Morgan fingerprint density at radius 1 is 1.28 bits per heavy atom. The SMILES string of the molecule is CCNCCOc1nccc2cc(OC)ccc12. The highest BCUT2D eigenvalue weighted by atomic mass is 16.5. The lowest BCUT2D eigenvalue weighted by molar-refractivity contribution is 0.307. The highest BCUT2D eigenvalue weighted by Crippen LogP contribution is 2.26. The Bertz CT molecular complexity index is 514. The van der Waals surface area contributed by atoms with E-state index in [1.807, 2.05) is 24.3 Å². The van der Waals surface area contributed by atoms with Gasteiger partial charge in [0.05, 0.1) is 7.11 Å². The van der Waals surface area contributed by atoms with Crippen LogP contribution < -0.4 is 14.8 Å². The van der Waals surface area contributed by atoms with Gasteiger partial charge < -0.3 is 14.8 Å². The average Bonchev–Trinajstić information content (AvgIpc) is 2.43. The van der Waals surface area contributed by atoms with E-state index in [1.54, 1.807) is 13.3 Å². The van der Waals surface area contributed by atoms with Crippen molar-refractivity contribution in [1.82, 2.24) is 10.3 Å². The van der Waals surface area contributed by atoms with Gasteiger partial charge in [-0.05, 0) is 36.2 Å². The van der Waals surface area contributed by atoms with Crippen molar-refractivity contribution in [2.24, 2.45) is 0 Å². The predicted molar refractivity (Wildman–Crippen MR) is 72.3 cm³/mol. The molecule has 0 saturated carbocycles. The minimum atomic E-state index is 0.617. The number of rotatable bonds is 6. The van der Waals surface area contributed by atoms with Crippen LogP contribution >= 0.6 is 0 Å². The Hall–Kier alpha value is -1.81. The fraction of sp³-hybridized carbons (Fsp3) is 0.357. The lowest BCUT2D eigenvalue weighted by Crippen LogP contribution is -2.20. The molecule has 0 fully saturated rings. The summed E-state index contributed by atoms with van der Waals surface area (Å²) in [6, 6.07) is 7.83. The molecule has 1 aromatic heterocycles. The van der Waals surface area contributed by atoms with Gasteiger partial charge in [-0.25, -0.2) is 4.98 Å². The quantitative estimate of drug-likeness (QED) is 0.794. The second-order valence-corrected chi connectivity index (χ2v) is 3.91. The second kappa shape index (κ2) is 6.21. The molecule has 18 heavy (non-hydrogen) atoms. The van der Waals surface area contributed by atoms with Crippen molar-refractivity contribution in [3.63, 3.8) is 0 Å². The van der Waals surface area contributed by atoms with Gasteiger partial charge in [0.25, 0.3) is 0 Å². The first-order chi connectivity index (χ1) is 8.85. The van der Waals surface area contributed by atoms with Crippen LogP contribution in [0.15, 0.2) is 30.5 Å². The predicted octanol–water partition coefficient (Wildman–Crippen LogP) is 2.23. The third kappa shape index (κ3) is 2.90. The molecule has 4 heteroatoms. The second-order valence-electron chi connectivity index (χ2n) is 3.91. The standard InChI is InChI=1S/C14H18N2O2/c1-3-15-8-9-18-14-13-5-4-12(17-2)10-11(13)6-7-16-14/h4-7,10,15H,3,8-9H2,1-2H3. The summed E-state index contributed by atoms with van der Waals surface area (Å²) in [7, 11) is 1.66. The fourth-order valence-electron chi connectivity index (χ4n) is 1.77. The van der Waals surface area contributed by atoms with Gasteiger partial charge in [0.2, 0.25) is 5.88 Å². The molecule has 0 saturated heterocycles. The summed E-state index contributed by atoms with van der Waals surface area (Å²) in [5.41, 5.74) is 0. The maximum absolute atomic E-state index is 5.68. The van der Waals surface area contributed by atoms with E-state index in [0.717, 1.165) is 29.6 Å². The number of hydrogen-bond donors (Lipinski definition) is 1. The highest BCUT2D eigenvalue weighted by molar-refractivity contribution is 5.87. The number of ether oxygens (including phenoxy) is 2. The van der Waals surface area contributed by atoms with Gasteiger partial charge in [-0.1, -0.05) is 6.92 Å². The van der Waals surface area contributed by atoms with Crippen molar-refractivity contribution in [2.45, 2.75) is 6.92 Å². The normalized spacial score (nSPS) is 10.6. The Labute approximate surface area is 107 Å². The van der Waals surface area contributed by atoms with Crippen LogP contribution in [-0.2, 0) is 0 Å². The molecule has 0 aliphatic carbocycles. The summed E-state index contributed by atoms with van der Waals surface area (Å²) < 4.78 is 10.9. The molecule has 0 atom stereocenters. The summed E-state index contributed by atoms with van der Waals surface area (Å²) >= 11 is 0. The van der Waals surface area contributed by atoms with Crippen molar-refractivity contribution in [3.05, 3.63) is 30.5 Å². The first-order valence-electron chi connectivity index (χ1n) is 6.11. The number of nitrogens with zero attached hydrogens (tertiary/aromatic N) is 1. The molecule has 0 amide bonds. The van der Waals surface area contributed by atoms with Crippen molar-refractivity contribution in [3.8, 4) is 11.6 Å². The number of pyridine rings is 1. The van der Waals surface area contributed by atoms with Crippen LogP contribution in [0.1, 0.15) is 6.92 Å². The van der Waals surface area contributed by atoms with Crippen molar-refractivity contribution >= 4 is 10.8 Å². The van der Waals surface area contributed by atoms with Gasteiger partial charge in [-0.15, -0.1) is 0 Å². The molecule has 1 N–H and O–H groups in total. The van der Waals surface area contributed by atoms with E-state index < -0.39 is 0 Å². The molecule has 0 radical (unpaired) electrons. The Kier molecular flexibility index (Phi) is 4.36. The molecule has 1 heterocycles. The van der Waals surface area contributed by atoms with Gasteiger partial charge in [0.1, 0.15) is 12.4 Å². The van der Waals surface area contributed by atoms with E-state index in [2.05, 4.69) is 17.2 Å². The third-order valence-corrected chi connectivity index (χ3v) is 2.70. The molecule has 1 aromatic carbocycles. The summed E-state index contributed by atoms with van der Waals surface area (Å²) in [6.45, 7) is 4.46. The van der Waals surface area contributed by atoms with Gasteiger partial charge in [-0.2, -0.15) is 0 Å². The van der Waals surface area contributed by atoms with Crippen LogP contribution in [0.5, 0.6) is 11.6 Å². The smallest absolute Gasteiger partial charge is 0.221 e. The Morgan fingerprint density at radius 3 is 2.94 bits per heavy atom. The maximum atomic E-state index is 5.68.